The van der Waals surface area contributed by atoms with E-state index in [1.165, 1.54) is 4.90 Å². The fourth-order valence-electron chi connectivity index (χ4n) is 2.48. The molecule has 0 atom stereocenters. The second-order valence-corrected chi connectivity index (χ2v) is 8.91. The molecule has 1 aliphatic heterocycles. The van der Waals surface area contributed by atoms with Gasteiger partial charge in [-0.3, -0.25) is 14.5 Å². The maximum Gasteiger partial charge on any atom is 0.293 e. The lowest BCUT2D eigenvalue weighted by atomic mass is 10.2. The summed E-state index contributed by atoms with van der Waals surface area (Å²) in [6.45, 7) is 5.15. The van der Waals surface area contributed by atoms with Gasteiger partial charge in [0.05, 0.1) is 18.1 Å². The number of amides is 2. The van der Waals surface area contributed by atoms with Crippen molar-refractivity contribution in [1.29, 1.82) is 0 Å². The van der Waals surface area contributed by atoms with Crippen LogP contribution in [0.25, 0.3) is 6.08 Å². The zero-order valence-corrected chi connectivity index (χ0v) is 18.1. The van der Waals surface area contributed by atoms with Crippen LogP contribution in [0.2, 0.25) is 0 Å². The molecule has 1 aliphatic rings. The summed E-state index contributed by atoms with van der Waals surface area (Å²) in [5.41, 5.74) is 1.80. The highest BCUT2D eigenvalue weighted by Gasteiger charge is 2.34. The zero-order chi connectivity index (χ0) is 19.4. The second kappa shape index (κ2) is 8.93. The number of nitrogens with zero attached hydrogens (tertiary/aromatic N) is 1. The first-order chi connectivity index (χ1) is 12.9. The first-order valence-electron chi connectivity index (χ1n) is 8.65. The Morgan fingerprint density at radius 3 is 2.37 bits per heavy atom. The molecule has 0 spiro atoms. The highest BCUT2D eigenvalue weighted by Crippen LogP contribution is 2.33. The molecule has 1 heterocycles. The molecule has 0 aliphatic carbocycles. The largest absolute Gasteiger partial charge is 0.493 e. The fraction of sp³-hybridized carbons (Fsp3) is 0.238. The van der Waals surface area contributed by atoms with Crippen molar-refractivity contribution in [3.05, 3.63) is 68.1 Å². The smallest absolute Gasteiger partial charge is 0.293 e. The van der Waals surface area contributed by atoms with Gasteiger partial charge >= 0.3 is 0 Å². The monoisotopic (exact) mass is 493 g/mol. The highest BCUT2D eigenvalue weighted by atomic mass is 127. The highest BCUT2D eigenvalue weighted by molar-refractivity contribution is 14.1. The van der Waals surface area contributed by atoms with Crippen molar-refractivity contribution in [3.8, 4) is 5.75 Å². The number of carbonyl (C=O) groups excluding carboxylic acids is 2. The van der Waals surface area contributed by atoms with Gasteiger partial charge in [-0.25, -0.2) is 0 Å². The van der Waals surface area contributed by atoms with Gasteiger partial charge in [-0.1, -0.05) is 38.1 Å². The van der Waals surface area contributed by atoms with Crippen molar-refractivity contribution in [3.63, 3.8) is 0 Å². The maximum atomic E-state index is 12.6. The average Bonchev–Trinajstić information content (AvgIpc) is 2.90. The lowest BCUT2D eigenvalue weighted by Gasteiger charge is -2.12. The van der Waals surface area contributed by atoms with Gasteiger partial charge in [-0.2, -0.15) is 0 Å². The molecule has 2 aromatic carbocycles. The quantitative estimate of drug-likeness (QED) is 0.391. The Balaban J connectivity index is 1.69. The van der Waals surface area contributed by atoms with E-state index in [0.717, 1.165) is 32.2 Å². The SMILES string of the molecule is CC(C)COc1ccc(/C=C2\SC(=O)N(Cc3ccc(I)cc3)C2=O)cc1. The summed E-state index contributed by atoms with van der Waals surface area (Å²) >= 11 is 3.21. The van der Waals surface area contributed by atoms with Gasteiger partial charge in [0.25, 0.3) is 11.1 Å². The number of imide groups is 1. The van der Waals surface area contributed by atoms with Crippen LogP contribution in [0.15, 0.2) is 53.4 Å². The van der Waals surface area contributed by atoms with Crippen LogP contribution in [-0.2, 0) is 11.3 Å². The summed E-state index contributed by atoms with van der Waals surface area (Å²) < 4.78 is 6.78. The van der Waals surface area contributed by atoms with E-state index < -0.39 is 0 Å². The Labute approximate surface area is 177 Å². The van der Waals surface area contributed by atoms with Crippen LogP contribution in [0, 0.1) is 9.49 Å². The van der Waals surface area contributed by atoms with Crippen LogP contribution in [0.5, 0.6) is 5.75 Å². The minimum absolute atomic E-state index is 0.235. The normalized spacial score (nSPS) is 15.9. The van der Waals surface area contributed by atoms with Crippen molar-refractivity contribution in [2.45, 2.75) is 20.4 Å². The van der Waals surface area contributed by atoms with Crippen LogP contribution >= 0.6 is 34.4 Å². The molecule has 1 saturated heterocycles. The Kier molecular flexibility index (Phi) is 6.59. The molecule has 3 rings (SSSR count). The molecular formula is C21H20INO3S. The minimum Gasteiger partial charge on any atom is -0.493 e. The number of carbonyl (C=O) groups is 2. The average molecular weight is 493 g/mol. The predicted molar refractivity (Wildman–Crippen MR) is 117 cm³/mol. The van der Waals surface area contributed by atoms with Crippen LogP contribution in [-0.4, -0.2) is 22.7 Å². The lowest BCUT2D eigenvalue weighted by Crippen LogP contribution is -2.27. The number of ether oxygens (including phenoxy) is 1. The topological polar surface area (TPSA) is 46.6 Å². The third kappa shape index (κ3) is 5.35. The molecule has 1 fully saturated rings. The summed E-state index contributed by atoms with van der Waals surface area (Å²) in [6, 6.07) is 15.3. The van der Waals surface area contributed by atoms with Crippen LogP contribution in [0.1, 0.15) is 25.0 Å². The Bertz CT molecular complexity index is 860. The second-order valence-electron chi connectivity index (χ2n) is 6.67. The van der Waals surface area contributed by atoms with Gasteiger partial charge in [-0.05, 0) is 81.7 Å². The van der Waals surface area contributed by atoms with E-state index in [1.807, 2.05) is 48.5 Å². The summed E-state index contributed by atoms with van der Waals surface area (Å²) in [5.74, 6) is 1.01. The first kappa shape index (κ1) is 19.9. The van der Waals surface area contributed by atoms with Crippen molar-refractivity contribution in [1.82, 2.24) is 4.90 Å². The Morgan fingerprint density at radius 2 is 1.74 bits per heavy atom. The molecule has 2 amide bonds. The molecule has 0 aromatic heterocycles. The number of hydrogen-bond acceptors (Lipinski definition) is 4. The van der Waals surface area contributed by atoms with E-state index in [4.69, 9.17) is 4.74 Å². The Hall–Kier alpha value is -1.80. The molecule has 0 N–H and O–H groups in total. The molecule has 0 saturated carbocycles. The van der Waals surface area contributed by atoms with Crippen molar-refractivity contribution < 1.29 is 14.3 Å². The van der Waals surface area contributed by atoms with E-state index in [9.17, 15) is 9.59 Å². The number of hydrogen-bond donors (Lipinski definition) is 0. The predicted octanol–water partition coefficient (Wildman–Crippen LogP) is 5.56. The van der Waals surface area contributed by atoms with Crippen molar-refractivity contribution in [2.24, 2.45) is 5.92 Å². The van der Waals surface area contributed by atoms with Crippen molar-refractivity contribution >= 4 is 51.6 Å². The molecule has 2 aromatic rings. The van der Waals surface area contributed by atoms with Gasteiger partial charge < -0.3 is 4.74 Å². The van der Waals surface area contributed by atoms with Gasteiger partial charge in [0, 0.05) is 3.57 Å². The summed E-state index contributed by atoms with van der Waals surface area (Å²) in [4.78, 5) is 26.6. The Morgan fingerprint density at radius 1 is 1.07 bits per heavy atom. The standard InChI is InChI=1S/C21H20INO3S/c1-14(2)13-26-18-9-5-15(6-10-18)11-19-20(24)23(21(25)27-19)12-16-3-7-17(22)8-4-16/h3-11,14H,12-13H2,1-2H3/b19-11-. The third-order valence-electron chi connectivity index (χ3n) is 3.89. The zero-order valence-electron chi connectivity index (χ0n) is 15.1. The third-order valence-corrected chi connectivity index (χ3v) is 5.52. The van der Waals surface area contributed by atoms with Crippen LogP contribution in [0.4, 0.5) is 4.79 Å². The summed E-state index contributed by atoms with van der Waals surface area (Å²) in [6.07, 6.45) is 1.76. The first-order valence-corrected chi connectivity index (χ1v) is 10.5. The number of rotatable bonds is 6. The molecule has 6 heteroatoms. The van der Waals surface area contributed by atoms with E-state index in [2.05, 4.69) is 36.4 Å². The van der Waals surface area contributed by atoms with E-state index in [0.29, 0.717) is 24.0 Å². The number of thioether (sulfide) groups is 1. The molecule has 4 nitrogen and oxygen atoms in total. The van der Waals surface area contributed by atoms with Gasteiger partial charge in [0.2, 0.25) is 0 Å². The van der Waals surface area contributed by atoms with Crippen LogP contribution in [0.3, 0.4) is 0 Å². The van der Waals surface area contributed by atoms with E-state index in [1.54, 1.807) is 6.08 Å². The van der Waals surface area contributed by atoms with E-state index in [-0.39, 0.29) is 11.1 Å². The molecule has 0 unspecified atom stereocenters. The van der Waals surface area contributed by atoms with Gasteiger partial charge in [0.1, 0.15) is 5.75 Å². The molecule has 27 heavy (non-hydrogen) atoms. The number of benzene rings is 2. The fourth-order valence-corrected chi connectivity index (χ4v) is 3.68. The molecule has 0 radical (unpaired) electrons. The van der Waals surface area contributed by atoms with Gasteiger partial charge in [-0.15, -0.1) is 0 Å². The van der Waals surface area contributed by atoms with Crippen molar-refractivity contribution in [2.75, 3.05) is 6.61 Å². The maximum absolute atomic E-state index is 12.6. The van der Waals surface area contributed by atoms with E-state index >= 15 is 0 Å². The molecular weight excluding hydrogens is 473 g/mol. The van der Waals surface area contributed by atoms with Crippen LogP contribution < -0.4 is 4.74 Å². The minimum atomic E-state index is -0.247. The number of halogens is 1. The summed E-state index contributed by atoms with van der Waals surface area (Å²) in [5, 5.41) is -0.235. The van der Waals surface area contributed by atoms with Gasteiger partial charge in [0.15, 0.2) is 0 Å². The molecule has 0 bridgehead atoms. The molecule has 140 valence electrons. The summed E-state index contributed by atoms with van der Waals surface area (Å²) in [7, 11) is 0. The lowest BCUT2D eigenvalue weighted by molar-refractivity contribution is -0.123.